The minimum atomic E-state index is -0.778. The van der Waals surface area contributed by atoms with Crippen molar-refractivity contribution in [3.8, 4) is 0 Å². The third-order valence-corrected chi connectivity index (χ3v) is 5.10. The zero-order valence-corrected chi connectivity index (χ0v) is 14.4. The van der Waals surface area contributed by atoms with Crippen molar-refractivity contribution in [3.63, 3.8) is 0 Å². The molecule has 5 heteroatoms. The Hall–Kier alpha value is -2.14. The maximum absolute atomic E-state index is 11.0. The van der Waals surface area contributed by atoms with Gasteiger partial charge in [-0.2, -0.15) is 5.10 Å². The van der Waals surface area contributed by atoms with Gasteiger partial charge in [-0.05, 0) is 66.3 Å². The molecule has 0 fully saturated rings. The first kappa shape index (κ1) is 15.7. The number of fused-ring (bicyclic) bond motifs is 1. The van der Waals surface area contributed by atoms with Gasteiger partial charge < -0.3 is 5.11 Å². The number of carboxylic acids is 1. The van der Waals surface area contributed by atoms with Crippen LogP contribution in [0.2, 0.25) is 0 Å². The number of hydrogen-bond donors (Lipinski definition) is 1. The number of carbonyl (C=O) groups is 1. The second kappa shape index (κ2) is 6.16. The third kappa shape index (κ3) is 3.29. The van der Waals surface area contributed by atoms with Gasteiger partial charge in [0.2, 0.25) is 0 Å². The van der Waals surface area contributed by atoms with Gasteiger partial charge in [-0.1, -0.05) is 6.07 Å². The lowest BCUT2D eigenvalue weighted by Crippen LogP contribution is -2.01. The van der Waals surface area contributed by atoms with E-state index < -0.39 is 5.97 Å². The van der Waals surface area contributed by atoms with Gasteiger partial charge in [-0.15, -0.1) is 11.3 Å². The van der Waals surface area contributed by atoms with Crippen molar-refractivity contribution >= 4 is 27.4 Å². The average molecular weight is 328 g/mol. The average Bonchev–Trinajstić information content (AvgIpc) is 2.99. The fourth-order valence-corrected chi connectivity index (χ4v) is 4.23. The first-order chi connectivity index (χ1) is 10.9. The molecule has 0 saturated carbocycles. The molecule has 0 saturated heterocycles. The molecular formula is C18H20N2O2S. The number of thiophene rings is 1. The van der Waals surface area contributed by atoms with Crippen LogP contribution in [0.15, 0.2) is 23.6 Å². The molecule has 0 unspecified atom stereocenters. The van der Waals surface area contributed by atoms with E-state index in [-0.39, 0.29) is 6.42 Å². The van der Waals surface area contributed by atoms with E-state index in [4.69, 9.17) is 5.11 Å². The highest BCUT2D eigenvalue weighted by Crippen LogP contribution is 2.31. The summed E-state index contributed by atoms with van der Waals surface area (Å²) in [6.07, 6.45) is 2.01. The predicted molar refractivity (Wildman–Crippen MR) is 93.3 cm³/mol. The van der Waals surface area contributed by atoms with Crippen LogP contribution in [-0.4, -0.2) is 20.9 Å². The fraction of sp³-hybridized carbons (Fsp3) is 0.333. The molecule has 0 amide bonds. The Morgan fingerprint density at radius 3 is 2.70 bits per heavy atom. The van der Waals surface area contributed by atoms with Gasteiger partial charge >= 0.3 is 5.97 Å². The molecule has 0 aliphatic rings. The molecule has 1 N–H and O–H groups in total. The largest absolute Gasteiger partial charge is 0.481 e. The summed E-state index contributed by atoms with van der Waals surface area (Å²) >= 11 is 1.63. The molecule has 4 nitrogen and oxygen atoms in total. The van der Waals surface area contributed by atoms with E-state index in [2.05, 4.69) is 30.2 Å². The number of hydrogen-bond acceptors (Lipinski definition) is 3. The van der Waals surface area contributed by atoms with E-state index in [9.17, 15) is 4.79 Å². The highest BCUT2D eigenvalue weighted by atomic mass is 32.1. The summed E-state index contributed by atoms with van der Waals surface area (Å²) in [6, 6.07) is 6.51. The molecule has 0 aliphatic heterocycles. The van der Waals surface area contributed by atoms with Crippen LogP contribution < -0.4 is 0 Å². The number of aliphatic carboxylic acids is 1. The van der Waals surface area contributed by atoms with Crippen molar-refractivity contribution in [2.24, 2.45) is 7.05 Å². The number of nitrogens with zero attached hydrogens (tertiary/aromatic N) is 2. The van der Waals surface area contributed by atoms with Crippen LogP contribution in [-0.2, 0) is 31.1 Å². The normalized spacial score (nSPS) is 11.3. The van der Waals surface area contributed by atoms with E-state index in [1.165, 1.54) is 16.0 Å². The first-order valence-electron chi connectivity index (χ1n) is 7.65. The summed E-state index contributed by atoms with van der Waals surface area (Å²) in [5.74, 6) is -0.778. The number of rotatable bonds is 5. The van der Waals surface area contributed by atoms with Gasteiger partial charge in [0.25, 0.3) is 0 Å². The standard InChI is InChI=1S/C18H20N2O2S/c1-11-6-13(4-5-15-7-12(2)19-20(15)3)8-16-18(11)14(10-23-16)9-17(21)22/h6-8,10H,4-5,9H2,1-3H3,(H,21,22). The first-order valence-corrected chi connectivity index (χ1v) is 8.53. The van der Waals surface area contributed by atoms with Crippen molar-refractivity contribution in [3.05, 3.63) is 51.7 Å². The molecule has 120 valence electrons. The van der Waals surface area contributed by atoms with E-state index >= 15 is 0 Å². The Kier molecular flexibility index (Phi) is 4.22. The lowest BCUT2D eigenvalue weighted by atomic mass is 10.00. The summed E-state index contributed by atoms with van der Waals surface area (Å²) in [7, 11) is 1.98. The maximum atomic E-state index is 11.0. The molecule has 2 heterocycles. The minimum Gasteiger partial charge on any atom is -0.481 e. The minimum absolute atomic E-state index is 0.0917. The van der Waals surface area contributed by atoms with Crippen LogP contribution in [0.4, 0.5) is 0 Å². The lowest BCUT2D eigenvalue weighted by molar-refractivity contribution is -0.136. The fourth-order valence-electron chi connectivity index (χ4n) is 3.13. The highest BCUT2D eigenvalue weighted by Gasteiger charge is 2.12. The SMILES string of the molecule is Cc1cc(CCc2cc(C)c3c(CC(=O)O)csc3c2)n(C)n1. The van der Waals surface area contributed by atoms with Crippen molar-refractivity contribution in [1.29, 1.82) is 0 Å². The Balaban J connectivity index is 1.85. The second-order valence-corrected chi connectivity index (χ2v) is 6.93. The molecule has 0 atom stereocenters. The van der Waals surface area contributed by atoms with Gasteiger partial charge in [0.1, 0.15) is 0 Å². The quantitative estimate of drug-likeness (QED) is 0.777. The topological polar surface area (TPSA) is 55.1 Å². The van der Waals surface area contributed by atoms with Crippen LogP contribution in [0.25, 0.3) is 10.1 Å². The maximum Gasteiger partial charge on any atom is 0.307 e. The summed E-state index contributed by atoms with van der Waals surface area (Å²) in [5, 5.41) is 16.5. The highest BCUT2D eigenvalue weighted by molar-refractivity contribution is 7.17. The summed E-state index contributed by atoms with van der Waals surface area (Å²) in [6.45, 7) is 4.08. The second-order valence-electron chi connectivity index (χ2n) is 6.02. The Morgan fingerprint density at radius 1 is 1.26 bits per heavy atom. The Labute approximate surface area is 139 Å². The Bertz CT molecular complexity index is 877. The molecule has 0 aliphatic carbocycles. The third-order valence-electron chi connectivity index (χ3n) is 4.12. The van der Waals surface area contributed by atoms with Crippen molar-refractivity contribution < 1.29 is 9.90 Å². The van der Waals surface area contributed by atoms with Crippen molar-refractivity contribution in [2.45, 2.75) is 33.1 Å². The molecule has 0 spiro atoms. The number of benzene rings is 1. The monoisotopic (exact) mass is 328 g/mol. The van der Waals surface area contributed by atoms with Gasteiger partial charge in [0, 0.05) is 17.4 Å². The van der Waals surface area contributed by atoms with Crippen molar-refractivity contribution in [1.82, 2.24) is 9.78 Å². The molecule has 23 heavy (non-hydrogen) atoms. The Morgan fingerprint density at radius 2 is 2.04 bits per heavy atom. The summed E-state index contributed by atoms with van der Waals surface area (Å²) in [4.78, 5) is 11.0. The molecule has 0 radical (unpaired) electrons. The molecular weight excluding hydrogens is 308 g/mol. The van der Waals surface area contributed by atoms with Gasteiger partial charge in [-0.25, -0.2) is 0 Å². The lowest BCUT2D eigenvalue weighted by Gasteiger charge is -2.06. The van der Waals surface area contributed by atoms with Crippen LogP contribution >= 0.6 is 11.3 Å². The van der Waals surface area contributed by atoms with Crippen LogP contribution in [0.1, 0.15) is 28.1 Å². The van der Waals surface area contributed by atoms with E-state index in [0.29, 0.717) is 0 Å². The number of aryl methyl sites for hydroxylation is 5. The van der Waals surface area contributed by atoms with Crippen LogP contribution in [0.3, 0.4) is 0 Å². The van der Waals surface area contributed by atoms with Gasteiger partial charge in [0.15, 0.2) is 0 Å². The number of aromatic nitrogens is 2. The number of carboxylic acid groups (broad SMARTS) is 1. The predicted octanol–water partition coefficient (Wildman–Crippen LogP) is 3.66. The smallest absolute Gasteiger partial charge is 0.307 e. The van der Waals surface area contributed by atoms with Gasteiger partial charge in [-0.3, -0.25) is 9.48 Å². The van der Waals surface area contributed by atoms with Crippen LogP contribution in [0.5, 0.6) is 0 Å². The molecule has 1 aromatic carbocycles. The van der Waals surface area contributed by atoms with Crippen molar-refractivity contribution in [2.75, 3.05) is 0 Å². The summed E-state index contributed by atoms with van der Waals surface area (Å²) < 4.78 is 3.12. The molecule has 0 bridgehead atoms. The molecule has 3 rings (SSSR count). The van der Waals surface area contributed by atoms with Gasteiger partial charge in [0.05, 0.1) is 12.1 Å². The van der Waals surface area contributed by atoms with E-state index in [1.54, 1.807) is 11.3 Å². The van der Waals surface area contributed by atoms with E-state index in [0.717, 1.165) is 35.0 Å². The van der Waals surface area contributed by atoms with E-state index in [1.807, 2.05) is 24.0 Å². The van der Waals surface area contributed by atoms with Crippen LogP contribution in [0, 0.1) is 13.8 Å². The zero-order valence-electron chi connectivity index (χ0n) is 13.6. The molecule has 2 aromatic heterocycles. The summed E-state index contributed by atoms with van der Waals surface area (Å²) in [5.41, 5.74) is 5.65. The zero-order chi connectivity index (χ0) is 16.6. The molecule has 3 aromatic rings.